The third-order valence-corrected chi connectivity index (χ3v) is 7.55. The lowest BCUT2D eigenvalue weighted by Crippen LogP contribution is -2.32. The van der Waals surface area contributed by atoms with Crippen molar-refractivity contribution in [1.29, 1.82) is 0 Å². The highest BCUT2D eigenvalue weighted by molar-refractivity contribution is 7.87. The van der Waals surface area contributed by atoms with Crippen LogP contribution in [0.2, 0.25) is 0 Å². The molecule has 0 aliphatic carbocycles. The molecule has 0 aromatic heterocycles. The van der Waals surface area contributed by atoms with Gasteiger partial charge < -0.3 is 34.4 Å². The zero-order valence-electron chi connectivity index (χ0n) is 40.2. The Labute approximate surface area is 454 Å². The maximum Gasteiger partial charge on any atom is 0.490 e. The number of rotatable bonds is 16. The van der Waals surface area contributed by atoms with Crippen LogP contribution in [0.15, 0.2) is 107 Å². The molecule has 0 amide bonds. The maximum atomic E-state index is 13.7. The van der Waals surface area contributed by atoms with Crippen LogP contribution >= 0.6 is 0 Å². The number of benzene rings is 2. The lowest BCUT2D eigenvalue weighted by molar-refractivity contribution is -0.200. The molecule has 0 unspecified atom stereocenters. The predicted molar refractivity (Wildman–Crippen MR) is 244 cm³/mol. The standard InChI is InChI=1S/C15H14F5NO5S.C8H6F3NO.C8H9F3O4.C6H10O3.C2HF3O2.CO2.CH4.2O2S/c1-10(2)13(22)25-9-8-14(16,17)27(23,24)26-21-12(15(18,19)20)11-6-4-3-5-7-11;9-8(10,11)7(12-13)6-4-2-1-3-5-6;1-5(2)6(12)14-3-4-15-7(13)8(9,10)11;1-5(2)6(8)9-4-3-7;3-2(4,5)1(6)7;2-1-3;;2*1-3-2/h3-7H,1,8-9H2,2H3;1-5,13H;1,3-4H2,2H3;7H,1,3-4H2,2H3;(H,6,7);;1H4;;/b21-12-;12-7-;;;;;;;. The van der Waals surface area contributed by atoms with E-state index in [2.05, 4.69) is 53.3 Å². The smallest absolute Gasteiger partial charge is 0.475 e. The van der Waals surface area contributed by atoms with Crippen molar-refractivity contribution < 1.29 is 159 Å². The normalized spacial score (nSPS) is 10.8. The summed E-state index contributed by atoms with van der Waals surface area (Å²) in [7, 11) is -5.88. The third-order valence-electron chi connectivity index (χ3n) is 6.34. The van der Waals surface area contributed by atoms with Crippen LogP contribution in [-0.4, -0.2) is 151 Å². The lowest BCUT2D eigenvalue weighted by Gasteiger charge is -2.16. The minimum atomic E-state index is -5.88. The molecular weight excluding hydrogens is 1220 g/mol. The highest BCUT2D eigenvalue weighted by Crippen LogP contribution is 2.30. The molecule has 40 heteroatoms. The van der Waals surface area contributed by atoms with Gasteiger partial charge in [0.1, 0.15) is 19.8 Å². The Bertz CT molecular complexity index is 2530. The average molecular weight is 1260 g/mol. The van der Waals surface area contributed by atoms with Crippen LogP contribution < -0.4 is 0 Å². The minimum Gasteiger partial charge on any atom is -0.475 e. The van der Waals surface area contributed by atoms with Gasteiger partial charge in [-0.2, -0.15) is 96.3 Å². The number of aliphatic carboxylic acids is 1. The topological polar surface area (TPSA) is 353 Å². The molecular formula is C41H44F14N2O21S3. The molecule has 0 aliphatic heterocycles. The van der Waals surface area contributed by atoms with Gasteiger partial charge in [0, 0.05) is 27.8 Å². The Morgan fingerprint density at radius 1 is 0.568 bits per heavy atom. The number of aliphatic hydroxyl groups is 1. The van der Waals surface area contributed by atoms with Crippen LogP contribution in [0.1, 0.15) is 45.7 Å². The second-order valence-electron chi connectivity index (χ2n) is 12.7. The number of alkyl halides is 14. The van der Waals surface area contributed by atoms with Gasteiger partial charge in [0.05, 0.1) is 19.6 Å². The number of hydrogen-bond acceptors (Lipinski definition) is 22. The number of carboxylic acids is 1. The van der Waals surface area contributed by atoms with Crippen molar-refractivity contribution in [3.8, 4) is 0 Å². The molecule has 0 fully saturated rings. The van der Waals surface area contributed by atoms with Crippen LogP contribution in [0.5, 0.6) is 0 Å². The maximum absolute atomic E-state index is 13.7. The molecule has 0 atom stereocenters. The number of halogens is 14. The van der Waals surface area contributed by atoms with Gasteiger partial charge in [-0.25, -0.2) is 24.0 Å². The van der Waals surface area contributed by atoms with Crippen molar-refractivity contribution in [3.05, 3.63) is 108 Å². The summed E-state index contributed by atoms with van der Waals surface area (Å²) in [5.74, 6) is -7.31. The van der Waals surface area contributed by atoms with Crippen molar-refractivity contribution >= 4 is 80.7 Å². The molecule has 0 spiro atoms. The molecule has 0 heterocycles. The summed E-state index contributed by atoms with van der Waals surface area (Å²) in [5, 5.41) is 23.4. The van der Waals surface area contributed by atoms with Gasteiger partial charge in [0.2, 0.25) is 0 Å². The van der Waals surface area contributed by atoms with Crippen molar-refractivity contribution in [3.63, 3.8) is 0 Å². The first-order chi connectivity index (χ1) is 36.4. The van der Waals surface area contributed by atoms with Crippen LogP contribution in [-0.2, 0) is 90.1 Å². The Balaban J connectivity index is -0.000000174. The van der Waals surface area contributed by atoms with Gasteiger partial charge >= 0.3 is 99.2 Å². The monoisotopic (exact) mass is 1260 g/mol. The first-order valence-corrected chi connectivity index (χ1v) is 22.0. The zero-order chi connectivity index (χ0) is 64.3. The molecule has 23 nitrogen and oxygen atoms in total. The fraction of sp³-hybridized carbons (Fsp3) is 0.366. The quantitative estimate of drug-likeness (QED) is 0.0236. The summed E-state index contributed by atoms with van der Waals surface area (Å²) < 4.78 is 246. The highest BCUT2D eigenvalue weighted by atomic mass is 32.2. The van der Waals surface area contributed by atoms with E-state index < -0.39 is 136 Å². The van der Waals surface area contributed by atoms with Crippen molar-refractivity contribution in [2.75, 3.05) is 33.0 Å². The molecule has 3 N–H and O–H groups in total. The summed E-state index contributed by atoms with van der Waals surface area (Å²) >= 11 is -1.50. The number of nitrogens with zero attached hydrogens (tertiary/aromatic N) is 2. The molecule has 0 saturated heterocycles. The Kier molecular flexibility index (Phi) is 47.9. The third kappa shape index (κ3) is 46.5. The molecule has 0 saturated carbocycles. The van der Waals surface area contributed by atoms with Crippen molar-refractivity contribution in [2.24, 2.45) is 10.3 Å². The number of carboxylic acid groups (broad SMARTS) is 1. The highest BCUT2D eigenvalue weighted by Gasteiger charge is 2.49. The first-order valence-electron chi connectivity index (χ1n) is 19.3. The summed E-state index contributed by atoms with van der Waals surface area (Å²) in [6.07, 6.45) is -21.2. The van der Waals surface area contributed by atoms with E-state index in [0.29, 0.717) is 5.57 Å². The van der Waals surface area contributed by atoms with E-state index in [-0.39, 0.29) is 43.5 Å². The number of hydrogen-bond donors (Lipinski definition) is 3. The van der Waals surface area contributed by atoms with Gasteiger partial charge in [-0.05, 0) is 20.8 Å². The van der Waals surface area contributed by atoms with Crippen LogP contribution in [0.3, 0.4) is 0 Å². The molecule has 0 aliphatic rings. The van der Waals surface area contributed by atoms with E-state index >= 15 is 0 Å². The molecule has 2 aromatic rings. The van der Waals surface area contributed by atoms with Crippen LogP contribution in [0, 0.1) is 0 Å². The summed E-state index contributed by atoms with van der Waals surface area (Å²) in [5.41, 5.74) is -3.49. The summed E-state index contributed by atoms with van der Waals surface area (Å²) in [6.45, 7) is 11.8. The molecule has 460 valence electrons. The van der Waals surface area contributed by atoms with Crippen LogP contribution in [0.4, 0.5) is 61.5 Å². The second kappa shape index (κ2) is 44.7. The van der Waals surface area contributed by atoms with Crippen LogP contribution in [0.25, 0.3) is 0 Å². The van der Waals surface area contributed by atoms with Gasteiger partial charge in [-0.15, -0.1) is 0 Å². The second-order valence-corrected chi connectivity index (χ2v) is 14.6. The molecule has 2 aromatic carbocycles. The Morgan fingerprint density at radius 3 is 1.14 bits per heavy atom. The van der Waals surface area contributed by atoms with Gasteiger partial charge in [-0.1, -0.05) is 98.1 Å². The fourth-order valence-electron chi connectivity index (χ4n) is 3.13. The lowest BCUT2D eigenvalue weighted by atomic mass is 10.1. The minimum absolute atomic E-state index is 0. The predicted octanol–water partition coefficient (Wildman–Crippen LogP) is 6.48. The number of aliphatic hydroxyl groups excluding tert-OH is 1. The number of esters is 4. The largest absolute Gasteiger partial charge is 0.490 e. The Morgan fingerprint density at radius 2 is 0.864 bits per heavy atom. The number of ether oxygens (including phenoxy) is 4. The fourth-order valence-corrected chi connectivity index (χ4v) is 3.74. The number of carbonyl (C=O) groups excluding carboxylic acids is 6. The SMILES string of the molecule is C.C=C(C)C(=O)OCCC(F)(F)S(=O)(=O)O/N=C(/c1ccccc1)C(F)(F)F.C=C(C)C(=O)OCCO.C=C(C)C(=O)OCCOC(=O)C(F)(F)F.O/N=C(/c1ccccc1)C(F)(F)F.O=C(O)C(F)(F)F.O=C=O.O=S=O.O=S=O. The van der Waals surface area contributed by atoms with E-state index in [9.17, 15) is 89.1 Å². The zero-order valence-corrected chi connectivity index (χ0v) is 42.7. The summed E-state index contributed by atoms with van der Waals surface area (Å²) in [4.78, 5) is 67.5. The molecule has 0 radical (unpaired) electrons. The van der Waals surface area contributed by atoms with E-state index in [1.54, 1.807) is 13.0 Å². The summed E-state index contributed by atoms with van der Waals surface area (Å²) in [6, 6.07) is 12.6. The number of carbonyl (C=O) groups is 5. The first kappa shape index (κ1) is 86.8. The van der Waals surface area contributed by atoms with Gasteiger partial charge in [0.25, 0.3) is 0 Å². The van der Waals surface area contributed by atoms with E-state index in [4.69, 9.17) is 46.6 Å². The number of oxime groups is 2. The van der Waals surface area contributed by atoms with Gasteiger partial charge in [-0.3, -0.25) is 4.28 Å². The molecule has 81 heavy (non-hydrogen) atoms. The molecule has 2 rings (SSSR count). The van der Waals surface area contributed by atoms with E-state index in [1.165, 1.54) is 56.3 Å². The van der Waals surface area contributed by atoms with E-state index in [0.717, 1.165) is 12.1 Å². The van der Waals surface area contributed by atoms with Gasteiger partial charge in [0.15, 0.2) is 11.4 Å². The van der Waals surface area contributed by atoms with Crippen molar-refractivity contribution in [1.82, 2.24) is 0 Å². The van der Waals surface area contributed by atoms with Crippen molar-refractivity contribution in [2.45, 2.75) is 64.6 Å². The Hall–Kier alpha value is -8.10. The average Bonchev–Trinajstić information content (AvgIpc) is 3.32. The van der Waals surface area contributed by atoms with E-state index in [1.807, 2.05) is 0 Å². The molecule has 0 bridgehead atoms.